The second kappa shape index (κ2) is 7.67. The number of carbonyl (C=O) groups excluding carboxylic acids is 2. The van der Waals surface area contributed by atoms with Crippen LogP contribution in [0.1, 0.15) is 23.6 Å². The number of hydrogen-bond donors (Lipinski definition) is 1. The summed E-state index contributed by atoms with van der Waals surface area (Å²) in [7, 11) is 1.60. The average Bonchev–Trinajstić information content (AvgIpc) is 3.15. The molecule has 2 heterocycles. The van der Waals surface area contributed by atoms with Gasteiger partial charge in [-0.2, -0.15) is 0 Å². The maximum Gasteiger partial charge on any atom is 0.253 e. The van der Waals surface area contributed by atoms with Crippen molar-refractivity contribution in [2.45, 2.75) is 26.3 Å². The summed E-state index contributed by atoms with van der Waals surface area (Å²) >= 11 is 0. The van der Waals surface area contributed by atoms with Gasteiger partial charge in [-0.25, -0.2) is 4.98 Å². The summed E-state index contributed by atoms with van der Waals surface area (Å²) in [5.41, 5.74) is 4.54. The molecule has 1 aromatic heterocycles. The van der Waals surface area contributed by atoms with Crippen LogP contribution in [-0.2, 0) is 14.3 Å². The van der Waals surface area contributed by atoms with Crippen molar-refractivity contribution in [3.63, 3.8) is 0 Å². The molecule has 0 aliphatic carbocycles. The number of amides is 2. The van der Waals surface area contributed by atoms with Gasteiger partial charge in [0.05, 0.1) is 30.6 Å². The number of imidazole rings is 1. The Morgan fingerprint density at radius 3 is 2.62 bits per heavy atom. The van der Waals surface area contributed by atoms with E-state index in [9.17, 15) is 9.59 Å². The molecular formula is C22H24N4O3. The Morgan fingerprint density at radius 2 is 1.90 bits per heavy atom. The highest BCUT2D eigenvalue weighted by Crippen LogP contribution is 2.36. The van der Waals surface area contributed by atoms with Gasteiger partial charge in [0.2, 0.25) is 11.9 Å². The molecule has 3 aromatic rings. The zero-order valence-corrected chi connectivity index (χ0v) is 16.8. The van der Waals surface area contributed by atoms with E-state index < -0.39 is 6.04 Å². The minimum atomic E-state index is -0.625. The highest BCUT2D eigenvalue weighted by Gasteiger charge is 2.40. The predicted octanol–water partition coefficient (Wildman–Crippen LogP) is 3.22. The summed E-state index contributed by atoms with van der Waals surface area (Å²) in [6, 6.07) is 12.9. The van der Waals surface area contributed by atoms with Gasteiger partial charge in [0.1, 0.15) is 6.04 Å². The van der Waals surface area contributed by atoms with E-state index in [0.717, 1.165) is 27.8 Å². The lowest BCUT2D eigenvalue weighted by Gasteiger charge is -2.15. The number of hydrogen-bond acceptors (Lipinski definition) is 4. The van der Waals surface area contributed by atoms with Crippen molar-refractivity contribution in [1.82, 2.24) is 9.55 Å². The minimum absolute atomic E-state index is 0.0443. The van der Waals surface area contributed by atoms with Gasteiger partial charge in [-0.1, -0.05) is 18.2 Å². The Labute approximate surface area is 169 Å². The van der Waals surface area contributed by atoms with Crippen LogP contribution in [0.3, 0.4) is 0 Å². The van der Waals surface area contributed by atoms with Crippen LogP contribution < -0.4 is 10.2 Å². The van der Waals surface area contributed by atoms with Crippen LogP contribution in [0.15, 0.2) is 42.5 Å². The third-order valence-corrected chi connectivity index (χ3v) is 5.08. The van der Waals surface area contributed by atoms with Crippen molar-refractivity contribution in [2.24, 2.45) is 0 Å². The highest BCUT2D eigenvalue weighted by molar-refractivity contribution is 6.05. The zero-order valence-electron chi connectivity index (χ0n) is 16.8. The molecule has 7 nitrogen and oxygen atoms in total. The number of carbonyl (C=O) groups is 2. The molecule has 0 radical (unpaired) electrons. The SMILES string of the molecule is COCCN1C(=O)[C@@H](CC(=O)Nc2cc(C)cc(C)c2)n2c1nc1ccccc12. The molecule has 0 fully saturated rings. The van der Waals surface area contributed by atoms with Crippen LogP contribution >= 0.6 is 0 Å². The monoisotopic (exact) mass is 392 g/mol. The molecular weight excluding hydrogens is 368 g/mol. The number of ether oxygens (including phenoxy) is 1. The van der Waals surface area contributed by atoms with E-state index in [0.29, 0.717) is 19.1 Å². The van der Waals surface area contributed by atoms with E-state index in [-0.39, 0.29) is 18.2 Å². The molecule has 7 heteroatoms. The lowest BCUT2D eigenvalue weighted by atomic mass is 10.1. The Kier molecular flexibility index (Phi) is 5.07. The van der Waals surface area contributed by atoms with Crippen LogP contribution in [0.5, 0.6) is 0 Å². The molecule has 0 saturated carbocycles. The van der Waals surface area contributed by atoms with E-state index in [2.05, 4.69) is 10.3 Å². The van der Waals surface area contributed by atoms with Gasteiger partial charge >= 0.3 is 0 Å². The second-order valence-corrected chi connectivity index (χ2v) is 7.40. The lowest BCUT2D eigenvalue weighted by molar-refractivity contribution is -0.124. The smallest absolute Gasteiger partial charge is 0.253 e. The van der Waals surface area contributed by atoms with Crippen LogP contribution in [0, 0.1) is 13.8 Å². The number of anilines is 2. The van der Waals surface area contributed by atoms with Gasteiger partial charge in [0.15, 0.2) is 0 Å². The van der Waals surface area contributed by atoms with E-state index in [1.165, 1.54) is 0 Å². The van der Waals surface area contributed by atoms with Crippen molar-refractivity contribution in [1.29, 1.82) is 0 Å². The van der Waals surface area contributed by atoms with Gasteiger partial charge in [0.25, 0.3) is 5.91 Å². The van der Waals surface area contributed by atoms with E-state index >= 15 is 0 Å². The summed E-state index contributed by atoms with van der Waals surface area (Å²) in [6.07, 6.45) is 0.0443. The van der Waals surface area contributed by atoms with Crippen LogP contribution in [0.2, 0.25) is 0 Å². The summed E-state index contributed by atoms with van der Waals surface area (Å²) < 4.78 is 7.02. The summed E-state index contributed by atoms with van der Waals surface area (Å²) in [5.74, 6) is 0.231. The normalized spacial score (nSPS) is 15.8. The molecule has 2 aromatic carbocycles. The molecule has 29 heavy (non-hydrogen) atoms. The predicted molar refractivity (Wildman–Crippen MR) is 112 cm³/mol. The first-order valence-electron chi connectivity index (χ1n) is 9.63. The number of fused-ring (bicyclic) bond motifs is 3. The molecule has 0 spiro atoms. The van der Waals surface area contributed by atoms with Crippen LogP contribution in [0.4, 0.5) is 11.6 Å². The van der Waals surface area contributed by atoms with E-state index in [1.807, 2.05) is 60.9 Å². The van der Waals surface area contributed by atoms with E-state index in [4.69, 9.17) is 4.74 Å². The molecule has 0 bridgehead atoms. The fourth-order valence-electron chi connectivity index (χ4n) is 3.92. The maximum absolute atomic E-state index is 13.1. The number of nitrogens with one attached hydrogen (secondary N) is 1. The van der Waals surface area contributed by atoms with Crippen LogP contribution in [0.25, 0.3) is 11.0 Å². The maximum atomic E-state index is 13.1. The Hall–Kier alpha value is -3.19. The van der Waals surface area contributed by atoms with Crippen molar-refractivity contribution >= 4 is 34.5 Å². The van der Waals surface area contributed by atoms with Gasteiger partial charge in [-0.15, -0.1) is 0 Å². The summed E-state index contributed by atoms with van der Waals surface area (Å²) in [6.45, 7) is 4.77. The molecule has 0 unspecified atom stereocenters. The summed E-state index contributed by atoms with van der Waals surface area (Å²) in [5, 5.41) is 2.93. The Morgan fingerprint density at radius 1 is 1.17 bits per heavy atom. The van der Waals surface area contributed by atoms with Crippen molar-refractivity contribution in [3.05, 3.63) is 53.6 Å². The molecule has 1 aliphatic rings. The fraction of sp³-hybridized carbons (Fsp3) is 0.318. The third kappa shape index (κ3) is 3.61. The number of nitrogens with zero attached hydrogens (tertiary/aromatic N) is 3. The topological polar surface area (TPSA) is 76.5 Å². The van der Waals surface area contributed by atoms with Crippen molar-refractivity contribution < 1.29 is 14.3 Å². The summed E-state index contributed by atoms with van der Waals surface area (Å²) in [4.78, 5) is 32.1. The Bertz CT molecular complexity index is 1070. The molecule has 1 atom stereocenters. The standard InChI is InChI=1S/C22H24N4O3/c1-14-10-15(2)12-16(11-14)23-20(27)13-19-21(28)25(8-9-29-3)22-24-17-6-4-5-7-18(17)26(19)22/h4-7,10-12,19H,8-9,13H2,1-3H3,(H,23,27)/t19-/m1/s1. The third-order valence-electron chi connectivity index (χ3n) is 5.08. The lowest BCUT2D eigenvalue weighted by Crippen LogP contribution is -2.33. The quantitative estimate of drug-likeness (QED) is 0.699. The Balaban J connectivity index is 1.63. The zero-order chi connectivity index (χ0) is 20.5. The number of methoxy groups -OCH3 is 1. The molecule has 150 valence electrons. The second-order valence-electron chi connectivity index (χ2n) is 7.40. The van der Waals surface area contributed by atoms with Gasteiger partial charge in [-0.3, -0.25) is 19.1 Å². The fourth-order valence-corrected chi connectivity index (χ4v) is 3.92. The van der Waals surface area contributed by atoms with Crippen molar-refractivity contribution in [2.75, 3.05) is 30.5 Å². The first kappa shape index (κ1) is 19.1. The first-order valence-corrected chi connectivity index (χ1v) is 9.63. The van der Waals surface area contributed by atoms with Crippen molar-refractivity contribution in [3.8, 4) is 0 Å². The molecule has 4 rings (SSSR count). The number of aromatic nitrogens is 2. The minimum Gasteiger partial charge on any atom is -0.383 e. The van der Waals surface area contributed by atoms with Gasteiger partial charge < -0.3 is 10.1 Å². The van der Waals surface area contributed by atoms with Gasteiger partial charge in [0, 0.05) is 12.8 Å². The molecule has 0 saturated heterocycles. The van der Waals surface area contributed by atoms with Crippen LogP contribution in [-0.4, -0.2) is 41.6 Å². The number of rotatable bonds is 6. The molecule has 1 aliphatic heterocycles. The largest absolute Gasteiger partial charge is 0.383 e. The first-order chi connectivity index (χ1) is 14.0. The average molecular weight is 392 g/mol. The highest BCUT2D eigenvalue weighted by atomic mass is 16.5. The molecule has 2 amide bonds. The van der Waals surface area contributed by atoms with E-state index in [1.54, 1.807) is 12.0 Å². The number of benzene rings is 2. The molecule has 1 N–H and O–H groups in total. The number of para-hydroxylation sites is 2. The van der Waals surface area contributed by atoms with Gasteiger partial charge in [-0.05, 0) is 49.2 Å². The number of aryl methyl sites for hydroxylation is 2.